The number of nitrogens with zero attached hydrogens (tertiary/aromatic N) is 1. The van der Waals surface area contributed by atoms with Crippen molar-refractivity contribution in [3.05, 3.63) is 39.4 Å². The van der Waals surface area contributed by atoms with Crippen LogP contribution in [0.4, 0.5) is 5.69 Å². The van der Waals surface area contributed by atoms with Gasteiger partial charge in [0.2, 0.25) is 0 Å². The van der Waals surface area contributed by atoms with Crippen molar-refractivity contribution in [1.29, 1.82) is 0 Å². The summed E-state index contributed by atoms with van der Waals surface area (Å²) in [5, 5.41) is 17.0. The second-order valence-electron chi connectivity index (χ2n) is 4.72. The summed E-state index contributed by atoms with van der Waals surface area (Å²) >= 11 is 0. The zero-order valence-corrected chi connectivity index (χ0v) is 12.0. The molecule has 1 aromatic rings. The fourth-order valence-corrected chi connectivity index (χ4v) is 2.31. The first-order chi connectivity index (χ1) is 9.09. The summed E-state index contributed by atoms with van der Waals surface area (Å²) in [5.74, 6) is -0.241. The molecule has 0 spiro atoms. The topological polar surface area (TPSA) is 84.3 Å². The number of halogens is 1. The molecule has 1 amide bonds. The van der Waals surface area contributed by atoms with Crippen molar-refractivity contribution in [1.82, 2.24) is 10.6 Å². The summed E-state index contributed by atoms with van der Waals surface area (Å²) in [5.41, 5.74) is 0.767. The highest BCUT2D eigenvalue weighted by molar-refractivity contribution is 5.96. The predicted octanol–water partition coefficient (Wildman–Crippen LogP) is 1.81. The molecule has 2 N–H and O–H groups in total. The smallest absolute Gasteiger partial charge is 0.273 e. The molecule has 1 atom stereocenters. The SMILES string of the molecule is Cc1c(C(=O)N[C@@H]2CCCNC2)cccc1[N+](=O)[O-].Cl. The number of piperidine rings is 1. The molecule has 2 rings (SSSR count). The van der Waals surface area contributed by atoms with Gasteiger partial charge in [0.05, 0.1) is 4.92 Å². The summed E-state index contributed by atoms with van der Waals surface area (Å²) in [7, 11) is 0. The van der Waals surface area contributed by atoms with Crippen LogP contribution in [0.15, 0.2) is 18.2 Å². The molecule has 1 heterocycles. The monoisotopic (exact) mass is 299 g/mol. The molecule has 0 aromatic heterocycles. The third-order valence-corrected chi connectivity index (χ3v) is 3.38. The molecule has 1 aliphatic rings. The van der Waals surface area contributed by atoms with E-state index in [1.54, 1.807) is 19.1 Å². The average Bonchev–Trinajstić information content (AvgIpc) is 2.39. The lowest BCUT2D eigenvalue weighted by atomic mass is 10.0. The van der Waals surface area contributed by atoms with Gasteiger partial charge in [-0.25, -0.2) is 0 Å². The highest BCUT2D eigenvalue weighted by atomic mass is 35.5. The Kier molecular flexibility index (Phi) is 5.91. The van der Waals surface area contributed by atoms with Crippen LogP contribution in [0.1, 0.15) is 28.8 Å². The summed E-state index contributed by atoms with van der Waals surface area (Å²) in [4.78, 5) is 22.5. The van der Waals surface area contributed by atoms with E-state index < -0.39 is 4.92 Å². The molecule has 0 saturated carbocycles. The van der Waals surface area contributed by atoms with Gasteiger partial charge in [-0.2, -0.15) is 0 Å². The molecule has 6 nitrogen and oxygen atoms in total. The highest BCUT2D eigenvalue weighted by Crippen LogP contribution is 2.21. The van der Waals surface area contributed by atoms with Gasteiger partial charge < -0.3 is 10.6 Å². The van der Waals surface area contributed by atoms with Gasteiger partial charge in [-0.1, -0.05) is 6.07 Å². The minimum absolute atomic E-state index is 0. The molecule has 1 aliphatic heterocycles. The van der Waals surface area contributed by atoms with Gasteiger partial charge in [-0.3, -0.25) is 14.9 Å². The summed E-state index contributed by atoms with van der Waals surface area (Å²) in [6, 6.07) is 4.67. The summed E-state index contributed by atoms with van der Waals surface area (Å²) < 4.78 is 0. The number of hydrogen-bond acceptors (Lipinski definition) is 4. The zero-order chi connectivity index (χ0) is 13.8. The van der Waals surface area contributed by atoms with Crippen LogP contribution in [0, 0.1) is 17.0 Å². The standard InChI is InChI=1S/C13H17N3O3.ClH/c1-9-11(5-2-6-12(9)16(18)19)13(17)15-10-4-3-7-14-8-10;/h2,5-6,10,14H,3-4,7-8H2,1H3,(H,15,17);1H/t10-;/m1./s1. The maximum atomic E-state index is 12.1. The Labute approximate surface area is 123 Å². The van der Waals surface area contributed by atoms with Gasteiger partial charge in [-0.05, 0) is 32.4 Å². The van der Waals surface area contributed by atoms with Gasteiger partial charge in [0.25, 0.3) is 11.6 Å². The Morgan fingerprint density at radius 1 is 1.50 bits per heavy atom. The van der Waals surface area contributed by atoms with E-state index >= 15 is 0 Å². The van der Waals surface area contributed by atoms with Gasteiger partial charge in [0.1, 0.15) is 0 Å². The molecular formula is C13H18ClN3O3. The average molecular weight is 300 g/mol. The van der Waals surface area contributed by atoms with Gasteiger partial charge in [-0.15, -0.1) is 12.4 Å². The molecule has 1 aromatic carbocycles. The van der Waals surface area contributed by atoms with E-state index in [2.05, 4.69) is 10.6 Å². The first kappa shape index (κ1) is 16.4. The predicted molar refractivity (Wildman–Crippen MR) is 78.4 cm³/mol. The van der Waals surface area contributed by atoms with E-state index in [1.807, 2.05) is 0 Å². The number of nitrogens with one attached hydrogen (secondary N) is 2. The largest absolute Gasteiger partial charge is 0.348 e. The van der Waals surface area contributed by atoms with E-state index in [-0.39, 0.29) is 30.0 Å². The van der Waals surface area contributed by atoms with Crippen LogP contribution < -0.4 is 10.6 Å². The maximum absolute atomic E-state index is 12.1. The number of nitro groups is 1. The Morgan fingerprint density at radius 2 is 2.25 bits per heavy atom. The van der Waals surface area contributed by atoms with E-state index in [1.165, 1.54) is 6.07 Å². The van der Waals surface area contributed by atoms with Gasteiger partial charge in [0.15, 0.2) is 0 Å². The fraction of sp³-hybridized carbons (Fsp3) is 0.462. The molecular weight excluding hydrogens is 282 g/mol. The Hall–Kier alpha value is -1.66. The first-order valence-electron chi connectivity index (χ1n) is 6.35. The van der Waals surface area contributed by atoms with E-state index in [0.717, 1.165) is 25.9 Å². The molecule has 7 heteroatoms. The molecule has 0 bridgehead atoms. The van der Waals surface area contributed by atoms with Gasteiger partial charge in [0, 0.05) is 29.8 Å². The molecule has 110 valence electrons. The third kappa shape index (κ3) is 3.68. The van der Waals surface area contributed by atoms with Crippen molar-refractivity contribution in [3.63, 3.8) is 0 Å². The normalized spacial score (nSPS) is 17.9. The van der Waals surface area contributed by atoms with Crippen LogP contribution in [-0.4, -0.2) is 30.0 Å². The van der Waals surface area contributed by atoms with E-state index in [9.17, 15) is 14.9 Å². The van der Waals surface area contributed by atoms with E-state index in [4.69, 9.17) is 0 Å². The minimum Gasteiger partial charge on any atom is -0.348 e. The Morgan fingerprint density at radius 3 is 2.85 bits per heavy atom. The number of carbonyl (C=O) groups excluding carboxylic acids is 1. The van der Waals surface area contributed by atoms with Crippen LogP contribution in [-0.2, 0) is 0 Å². The Bertz CT molecular complexity index is 502. The lowest BCUT2D eigenvalue weighted by molar-refractivity contribution is -0.385. The zero-order valence-electron chi connectivity index (χ0n) is 11.2. The van der Waals surface area contributed by atoms with Crippen LogP contribution in [0.5, 0.6) is 0 Å². The molecule has 0 radical (unpaired) electrons. The van der Waals surface area contributed by atoms with Gasteiger partial charge >= 0.3 is 0 Å². The van der Waals surface area contributed by atoms with Crippen LogP contribution >= 0.6 is 12.4 Å². The molecule has 0 unspecified atom stereocenters. The lowest BCUT2D eigenvalue weighted by Crippen LogP contribution is -2.45. The van der Waals surface area contributed by atoms with Crippen molar-refractivity contribution in [2.45, 2.75) is 25.8 Å². The van der Waals surface area contributed by atoms with Crippen molar-refractivity contribution >= 4 is 24.0 Å². The fourth-order valence-electron chi connectivity index (χ4n) is 2.31. The minimum atomic E-state index is -0.464. The lowest BCUT2D eigenvalue weighted by Gasteiger charge is -2.24. The summed E-state index contributed by atoms with van der Waals surface area (Å²) in [6.45, 7) is 3.33. The number of hydrogen-bond donors (Lipinski definition) is 2. The highest BCUT2D eigenvalue weighted by Gasteiger charge is 2.21. The number of nitro benzene ring substituents is 1. The van der Waals surface area contributed by atoms with Crippen LogP contribution in [0.3, 0.4) is 0 Å². The van der Waals surface area contributed by atoms with Crippen molar-refractivity contribution in [2.24, 2.45) is 0 Å². The van der Waals surface area contributed by atoms with Crippen molar-refractivity contribution in [3.8, 4) is 0 Å². The van der Waals surface area contributed by atoms with Crippen LogP contribution in [0.25, 0.3) is 0 Å². The van der Waals surface area contributed by atoms with Crippen LogP contribution in [0.2, 0.25) is 0 Å². The van der Waals surface area contributed by atoms with Crippen molar-refractivity contribution in [2.75, 3.05) is 13.1 Å². The third-order valence-electron chi connectivity index (χ3n) is 3.38. The number of benzene rings is 1. The second kappa shape index (κ2) is 7.21. The number of carbonyl (C=O) groups is 1. The quantitative estimate of drug-likeness (QED) is 0.658. The number of rotatable bonds is 3. The summed E-state index contributed by atoms with van der Waals surface area (Å²) in [6.07, 6.45) is 1.96. The maximum Gasteiger partial charge on any atom is 0.273 e. The second-order valence-corrected chi connectivity index (χ2v) is 4.72. The molecule has 20 heavy (non-hydrogen) atoms. The first-order valence-corrected chi connectivity index (χ1v) is 6.35. The molecule has 0 aliphatic carbocycles. The van der Waals surface area contributed by atoms with Crippen molar-refractivity contribution < 1.29 is 9.72 Å². The molecule has 1 saturated heterocycles. The Balaban J connectivity index is 0.00000200. The van der Waals surface area contributed by atoms with E-state index in [0.29, 0.717) is 11.1 Å². The molecule has 1 fully saturated rings. The number of amides is 1.